The van der Waals surface area contributed by atoms with Gasteiger partial charge in [-0.05, 0) is 12.1 Å². The van der Waals surface area contributed by atoms with Crippen LogP contribution in [0.2, 0.25) is 0 Å². The number of hydrogen-bond acceptors (Lipinski definition) is 5. The molecule has 0 aliphatic carbocycles. The Morgan fingerprint density at radius 1 is 1.21 bits per heavy atom. The van der Waals surface area contributed by atoms with E-state index in [0.717, 1.165) is 0 Å². The molecule has 0 spiro atoms. The first-order valence-electron chi connectivity index (χ1n) is 5.75. The van der Waals surface area contributed by atoms with Crippen molar-refractivity contribution in [2.75, 3.05) is 39.1 Å². The number of methoxy groups -OCH3 is 1. The molecule has 4 N–H and O–H groups in total. The number of ether oxygens (including phenoxy) is 2. The number of anilines is 1. The van der Waals surface area contributed by atoms with Crippen LogP contribution in [0.3, 0.4) is 0 Å². The lowest BCUT2D eigenvalue weighted by Gasteiger charge is -2.09. The maximum atomic E-state index is 11.4. The SMILES string of the molecule is COCCNS(=O)(=O)NCCOc1cccc(N)c1. The van der Waals surface area contributed by atoms with E-state index in [4.69, 9.17) is 15.2 Å². The van der Waals surface area contributed by atoms with E-state index in [0.29, 0.717) is 18.0 Å². The summed E-state index contributed by atoms with van der Waals surface area (Å²) >= 11 is 0. The third-order valence-corrected chi connectivity index (χ3v) is 3.29. The number of nitrogens with one attached hydrogen (secondary N) is 2. The topological polar surface area (TPSA) is 103 Å². The number of nitrogens with two attached hydrogens (primary N) is 1. The highest BCUT2D eigenvalue weighted by molar-refractivity contribution is 7.87. The lowest BCUT2D eigenvalue weighted by Crippen LogP contribution is -2.39. The van der Waals surface area contributed by atoms with Gasteiger partial charge in [-0.25, -0.2) is 0 Å². The van der Waals surface area contributed by atoms with E-state index in [1.807, 2.05) is 0 Å². The van der Waals surface area contributed by atoms with Crippen LogP contribution in [0.25, 0.3) is 0 Å². The quantitative estimate of drug-likeness (QED) is 0.428. The zero-order valence-corrected chi connectivity index (χ0v) is 11.6. The Bertz CT molecular complexity index is 479. The predicted octanol–water partition coefficient (Wildman–Crippen LogP) is -0.282. The molecule has 1 rings (SSSR count). The predicted molar refractivity (Wildman–Crippen MR) is 73.2 cm³/mol. The van der Waals surface area contributed by atoms with Gasteiger partial charge in [0.15, 0.2) is 0 Å². The van der Waals surface area contributed by atoms with Crippen molar-refractivity contribution >= 4 is 15.9 Å². The van der Waals surface area contributed by atoms with Crippen LogP contribution in [0.1, 0.15) is 0 Å². The molecule has 0 fully saturated rings. The van der Waals surface area contributed by atoms with Gasteiger partial charge in [0.1, 0.15) is 12.4 Å². The molecule has 108 valence electrons. The molecule has 1 aromatic rings. The summed E-state index contributed by atoms with van der Waals surface area (Å²) in [6.07, 6.45) is 0. The first kappa shape index (κ1) is 15.7. The van der Waals surface area contributed by atoms with E-state index >= 15 is 0 Å². The summed E-state index contributed by atoms with van der Waals surface area (Å²) in [6.45, 7) is 0.925. The molecule has 0 atom stereocenters. The molecule has 0 aliphatic rings. The molecular weight excluding hydrogens is 270 g/mol. The Morgan fingerprint density at radius 2 is 1.89 bits per heavy atom. The largest absolute Gasteiger partial charge is 0.492 e. The van der Waals surface area contributed by atoms with Gasteiger partial charge in [0.2, 0.25) is 0 Å². The van der Waals surface area contributed by atoms with Crippen LogP contribution in [-0.4, -0.2) is 41.8 Å². The van der Waals surface area contributed by atoms with Gasteiger partial charge < -0.3 is 15.2 Å². The minimum atomic E-state index is -3.50. The van der Waals surface area contributed by atoms with Gasteiger partial charge in [0.05, 0.1) is 6.61 Å². The highest BCUT2D eigenvalue weighted by Gasteiger charge is 2.07. The van der Waals surface area contributed by atoms with E-state index in [9.17, 15) is 8.42 Å². The lowest BCUT2D eigenvalue weighted by atomic mass is 10.3. The van der Waals surface area contributed by atoms with Gasteiger partial charge in [0, 0.05) is 32.0 Å². The van der Waals surface area contributed by atoms with E-state index in [1.54, 1.807) is 24.3 Å². The third-order valence-electron chi connectivity index (χ3n) is 2.12. The summed E-state index contributed by atoms with van der Waals surface area (Å²) in [4.78, 5) is 0. The summed E-state index contributed by atoms with van der Waals surface area (Å²) in [7, 11) is -2.00. The molecule has 0 aliphatic heterocycles. The molecule has 0 unspecified atom stereocenters. The molecular formula is C11H19N3O4S. The van der Waals surface area contributed by atoms with Crippen molar-refractivity contribution in [1.82, 2.24) is 9.44 Å². The molecule has 0 bridgehead atoms. The molecule has 19 heavy (non-hydrogen) atoms. The smallest absolute Gasteiger partial charge is 0.277 e. The monoisotopic (exact) mass is 289 g/mol. The van der Waals surface area contributed by atoms with Gasteiger partial charge in [-0.2, -0.15) is 17.9 Å². The number of rotatable bonds is 9. The molecule has 0 heterocycles. The van der Waals surface area contributed by atoms with Crippen molar-refractivity contribution in [3.05, 3.63) is 24.3 Å². The van der Waals surface area contributed by atoms with Crippen LogP contribution >= 0.6 is 0 Å². The van der Waals surface area contributed by atoms with Crippen molar-refractivity contribution in [2.45, 2.75) is 0 Å². The summed E-state index contributed by atoms with van der Waals surface area (Å²) in [6, 6.07) is 6.93. The molecule has 8 heteroatoms. The second kappa shape index (κ2) is 7.95. The van der Waals surface area contributed by atoms with Gasteiger partial charge >= 0.3 is 0 Å². The number of benzene rings is 1. The fourth-order valence-electron chi connectivity index (χ4n) is 1.28. The van der Waals surface area contributed by atoms with Crippen LogP contribution in [0.15, 0.2) is 24.3 Å². The Hall–Kier alpha value is -1.35. The summed E-state index contributed by atoms with van der Waals surface area (Å²) in [5.41, 5.74) is 6.18. The molecule has 0 saturated heterocycles. The molecule has 0 amide bonds. The van der Waals surface area contributed by atoms with Crippen LogP contribution in [0.5, 0.6) is 5.75 Å². The first-order valence-corrected chi connectivity index (χ1v) is 7.23. The summed E-state index contributed by atoms with van der Waals surface area (Å²) < 4.78 is 37.6. The van der Waals surface area contributed by atoms with Gasteiger partial charge in [0.25, 0.3) is 10.2 Å². The lowest BCUT2D eigenvalue weighted by molar-refractivity contribution is 0.204. The minimum absolute atomic E-state index is 0.164. The average molecular weight is 289 g/mol. The Balaban J connectivity index is 2.23. The van der Waals surface area contributed by atoms with Gasteiger partial charge in [-0.1, -0.05) is 6.07 Å². The highest BCUT2D eigenvalue weighted by atomic mass is 32.2. The van der Waals surface area contributed by atoms with E-state index in [2.05, 4.69) is 9.44 Å². The standard InChI is InChI=1S/C11H19N3O4S/c1-17-7-5-13-19(15,16)14-6-8-18-11-4-2-3-10(12)9-11/h2-4,9,13-14H,5-8,12H2,1H3. The van der Waals surface area contributed by atoms with Gasteiger partial charge in [-0.3, -0.25) is 0 Å². The van der Waals surface area contributed by atoms with Crippen LogP contribution in [0, 0.1) is 0 Å². The fraction of sp³-hybridized carbons (Fsp3) is 0.455. The molecule has 0 aromatic heterocycles. The fourth-order valence-corrected chi connectivity index (χ4v) is 2.08. The van der Waals surface area contributed by atoms with Crippen LogP contribution < -0.4 is 19.9 Å². The van der Waals surface area contributed by atoms with E-state index < -0.39 is 10.2 Å². The van der Waals surface area contributed by atoms with Crippen LogP contribution in [0.4, 0.5) is 5.69 Å². The molecule has 0 radical (unpaired) electrons. The zero-order valence-electron chi connectivity index (χ0n) is 10.8. The minimum Gasteiger partial charge on any atom is -0.492 e. The number of hydrogen-bond donors (Lipinski definition) is 3. The van der Waals surface area contributed by atoms with E-state index in [-0.39, 0.29) is 19.7 Å². The van der Waals surface area contributed by atoms with Crippen molar-refractivity contribution in [1.29, 1.82) is 0 Å². The van der Waals surface area contributed by atoms with Crippen molar-refractivity contribution in [2.24, 2.45) is 0 Å². The average Bonchev–Trinajstić information content (AvgIpc) is 2.35. The van der Waals surface area contributed by atoms with Crippen molar-refractivity contribution in [3.8, 4) is 5.75 Å². The first-order chi connectivity index (χ1) is 9.03. The van der Waals surface area contributed by atoms with E-state index in [1.165, 1.54) is 7.11 Å². The summed E-state index contributed by atoms with van der Waals surface area (Å²) in [5.74, 6) is 0.603. The number of nitrogen functional groups attached to an aromatic ring is 1. The van der Waals surface area contributed by atoms with Crippen LogP contribution in [-0.2, 0) is 14.9 Å². The van der Waals surface area contributed by atoms with Gasteiger partial charge in [-0.15, -0.1) is 0 Å². The normalized spacial score (nSPS) is 11.4. The molecule has 0 saturated carbocycles. The highest BCUT2D eigenvalue weighted by Crippen LogP contribution is 2.13. The van der Waals surface area contributed by atoms with Crippen molar-refractivity contribution in [3.63, 3.8) is 0 Å². The summed E-state index contributed by atoms with van der Waals surface area (Å²) in [5, 5.41) is 0. The molecule has 7 nitrogen and oxygen atoms in total. The van der Waals surface area contributed by atoms with Crippen molar-refractivity contribution < 1.29 is 17.9 Å². The third kappa shape index (κ3) is 6.97. The maximum absolute atomic E-state index is 11.4. The Kier molecular flexibility index (Phi) is 6.57. The maximum Gasteiger partial charge on any atom is 0.277 e. The zero-order chi connectivity index (χ0) is 14.1. The molecule has 1 aromatic carbocycles. The Labute approximate surface area is 113 Å². The Morgan fingerprint density at radius 3 is 2.53 bits per heavy atom. The second-order valence-electron chi connectivity index (χ2n) is 3.71. The second-order valence-corrected chi connectivity index (χ2v) is 5.29.